The summed E-state index contributed by atoms with van der Waals surface area (Å²) in [5.41, 5.74) is 4.91. The molecule has 0 fully saturated rings. The number of aryl methyl sites for hydroxylation is 1. The van der Waals surface area contributed by atoms with Crippen LogP contribution in [-0.4, -0.2) is 29.9 Å². The van der Waals surface area contributed by atoms with Gasteiger partial charge >= 0.3 is 0 Å². The van der Waals surface area contributed by atoms with Crippen molar-refractivity contribution in [3.8, 4) is 5.69 Å². The van der Waals surface area contributed by atoms with Gasteiger partial charge in [0, 0.05) is 23.7 Å². The molecule has 3 aromatic heterocycles. The fourth-order valence-corrected chi connectivity index (χ4v) is 4.07. The van der Waals surface area contributed by atoms with Crippen molar-refractivity contribution < 1.29 is 0 Å². The first-order valence-electron chi connectivity index (χ1n) is 8.96. The molecule has 5 aromatic rings. The molecule has 5 rings (SSSR count). The Balaban J connectivity index is 1.31. The van der Waals surface area contributed by atoms with Crippen molar-refractivity contribution in [2.45, 2.75) is 13.3 Å². The predicted molar refractivity (Wildman–Crippen MR) is 115 cm³/mol. The summed E-state index contributed by atoms with van der Waals surface area (Å²) in [5.74, 6) is 0. The zero-order chi connectivity index (χ0) is 19.8. The van der Waals surface area contributed by atoms with Gasteiger partial charge in [0.05, 0.1) is 34.4 Å². The van der Waals surface area contributed by atoms with Gasteiger partial charge < -0.3 is 9.88 Å². The van der Waals surface area contributed by atoms with Crippen LogP contribution >= 0.6 is 22.9 Å². The first kappa shape index (κ1) is 17.8. The third-order valence-corrected chi connectivity index (χ3v) is 5.81. The van der Waals surface area contributed by atoms with Crippen molar-refractivity contribution in [3.63, 3.8) is 0 Å². The third kappa shape index (κ3) is 3.59. The molecule has 0 aliphatic carbocycles. The molecule has 2 aromatic carbocycles. The van der Waals surface area contributed by atoms with Crippen molar-refractivity contribution in [2.24, 2.45) is 0 Å². The topological polar surface area (TPSA) is 84.3 Å². The van der Waals surface area contributed by atoms with E-state index in [2.05, 4.69) is 61.9 Å². The Hall–Kier alpha value is -3.23. The normalized spacial score (nSPS) is 11.2. The molecule has 0 amide bonds. The number of halogens is 1. The highest BCUT2D eigenvalue weighted by molar-refractivity contribution is 7.15. The molecule has 0 saturated carbocycles. The first-order chi connectivity index (χ1) is 14.2. The largest absolute Gasteiger partial charge is 0.329 e. The number of aromatic nitrogens is 6. The lowest BCUT2D eigenvalue weighted by atomic mass is 10.2. The lowest BCUT2D eigenvalue weighted by Crippen LogP contribution is -1.90. The van der Waals surface area contributed by atoms with Gasteiger partial charge in [-0.15, -0.1) is 10.2 Å². The number of H-pyrrole nitrogens is 1. The standard InChI is InChI=1S/C20H16ClN7S/c1-12-2-4-14(5-3-12)28-10-13(22-11-28)8-18-26-27-20(29-18)24-17-7-6-16-15(19(17)21)9-23-25-16/h2-7,9-11H,8H2,1H3,(H,23,25)(H,24,27). The summed E-state index contributed by atoms with van der Waals surface area (Å²) < 4.78 is 2.01. The third-order valence-electron chi connectivity index (χ3n) is 4.57. The average Bonchev–Trinajstić information content (AvgIpc) is 3.46. The zero-order valence-corrected chi connectivity index (χ0v) is 17.0. The first-order valence-corrected chi connectivity index (χ1v) is 10.2. The summed E-state index contributed by atoms with van der Waals surface area (Å²) in [5, 5.41) is 21.7. The van der Waals surface area contributed by atoms with Gasteiger partial charge in [0.1, 0.15) is 5.01 Å². The number of nitrogens with one attached hydrogen (secondary N) is 2. The van der Waals surface area contributed by atoms with Crippen molar-refractivity contribution >= 4 is 44.7 Å². The van der Waals surface area contributed by atoms with E-state index in [1.54, 1.807) is 6.20 Å². The van der Waals surface area contributed by atoms with Crippen LogP contribution in [0, 0.1) is 6.92 Å². The van der Waals surface area contributed by atoms with E-state index in [0.29, 0.717) is 16.6 Å². The van der Waals surface area contributed by atoms with Gasteiger partial charge in [0.15, 0.2) is 0 Å². The molecule has 9 heteroatoms. The van der Waals surface area contributed by atoms with Gasteiger partial charge in [0.25, 0.3) is 0 Å². The summed E-state index contributed by atoms with van der Waals surface area (Å²) in [6.45, 7) is 2.07. The van der Waals surface area contributed by atoms with E-state index in [4.69, 9.17) is 11.6 Å². The molecule has 0 bridgehead atoms. The smallest absolute Gasteiger partial charge is 0.210 e. The van der Waals surface area contributed by atoms with Gasteiger partial charge in [-0.05, 0) is 31.2 Å². The van der Waals surface area contributed by atoms with Crippen LogP contribution < -0.4 is 5.32 Å². The summed E-state index contributed by atoms with van der Waals surface area (Å²) in [6.07, 6.45) is 6.16. The maximum absolute atomic E-state index is 6.46. The SMILES string of the molecule is Cc1ccc(-n2cnc(Cc3nnc(Nc4ccc5[nH]ncc5c4Cl)s3)c2)cc1. The number of nitrogens with zero attached hydrogens (tertiary/aromatic N) is 5. The maximum Gasteiger partial charge on any atom is 0.210 e. The zero-order valence-electron chi connectivity index (χ0n) is 15.4. The average molecular weight is 422 g/mol. The summed E-state index contributed by atoms with van der Waals surface area (Å²) >= 11 is 7.94. The Kier molecular flexibility index (Phi) is 4.49. The lowest BCUT2D eigenvalue weighted by molar-refractivity contribution is 0.986. The van der Waals surface area contributed by atoms with Crippen LogP contribution in [0.5, 0.6) is 0 Å². The van der Waals surface area contributed by atoms with Gasteiger partial charge in [-0.25, -0.2) is 4.98 Å². The van der Waals surface area contributed by atoms with Crippen LogP contribution in [-0.2, 0) is 6.42 Å². The van der Waals surface area contributed by atoms with Crippen LogP contribution in [0.2, 0.25) is 5.02 Å². The summed E-state index contributed by atoms with van der Waals surface area (Å²) in [4.78, 5) is 4.50. The van der Waals surface area contributed by atoms with Crippen molar-refractivity contribution in [2.75, 3.05) is 5.32 Å². The minimum Gasteiger partial charge on any atom is -0.329 e. The molecular weight excluding hydrogens is 406 g/mol. The minimum absolute atomic E-state index is 0.602. The number of fused-ring (bicyclic) bond motifs is 1. The van der Waals surface area contributed by atoms with E-state index in [0.717, 1.165) is 33.0 Å². The van der Waals surface area contributed by atoms with Crippen molar-refractivity contribution in [1.29, 1.82) is 0 Å². The molecule has 0 aliphatic heterocycles. The van der Waals surface area contributed by atoms with Crippen LogP contribution in [0.4, 0.5) is 10.8 Å². The summed E-state index contributed by atoms with van der Waals surface area (Å²) in [6, 6.07) is 12.2. The molecule has 0 unspecified atom stereocenters. The maximum atomic E-state index is 6.46. The Labute approximate surface area is 175 Å². The van der Waals surface area contributed by atoms with Gasteiger partial charge in [-0.3, -0.25) is 5.10 Å². The number of hydrogen-bond acceptors (Lipinski definition) is 6. The molecule has 29 heavy (non-hydrogen) atoms. The van der Waals surface area contributed by atoms with E-state index in [1.165, 1.54) is 16.9 Å². The van der Waals surface area contributed by atoms with E-state index in [9.17, 15) is 0 Å². The van der Waals surface area contributed by atoms with Gasteiger partial charge in [-0.2, -0.15) is 5.10 Å². The molecule has 0 radical (unpaired) electrons. The number of hydrogen-bond donors (Lipinski definition) is 2. The monoisotopic (exact) mass is 421 g/mol. The van der Waals surface area contributed by atoms with E-state index >= 15 is 0 Å². The predicted octanol–water partition coefficient (Wildman–Crippen LogP) is 4.90. The second-order valence-corrected chi connectivity index (χ2v) is 8.11. The molecule has 144 valence electrons. The Bertz CT molecular complexity index is 1290. The Morgan fingerprint density at radius 3 is 2.86 bits per heavy atom. The number of anilines is 2. The van der Waals surface area contributed by atoms with Gasteiger partial charge in [0.2, 0.25) is 5.13 Å². The highest BCUT2D eigenvalue weighted by atomic mass is 35.5. The molecule has 0 aliphatic rings. The number of rotatable bonds is 5. The fraction of sp³-hybridized carbons (Fsp3) is 0.100. The second-order valence-electron chi connectivity index (χ2n) is 6.67. The molecular formula is C20H16ClN7S. The quantitative estimate of drug-likeness (QED) is 0.421. The van der Waals surface area contributed by atoms with Gasteiger partial charge in [-0.1, -0.05) is 40.6 Å². The second kappa shape index (κ2) is 7.31. The molecule has 2 N–H and O–H groups in total. The fourth-order valence-electron chi connectivity index (χ4n) is 3.04. The summed E-state index contributed by atoms with van der Waals surface area (Å²) in [7, 11) is 0. The molecule has 7 nitrogen and oxygen atoms in total. The number of aromatic amines is 1. The van der Waals surface area contributed by atoms with Crippen LogP contribution in [0.15, 0.2) is 55.1 Å². The van der Waals surface area contributed by atoms with E-state index < -0.39 is 0 Å². The van der Waals surface area contributed by atoms with E-state index in [1.807, 2.05) is 29.2 Å². The lowest BCUT2D eigenvalue weighted by Gasteiger charge is -2.04. The van der Waals surface area contributed by atoms with Crippen LogP contribution in [0.3, 0.4) is 0 Å². The molecule has 0 spiro atoms. The molecule has 0 atom stereocenters. The highest BCUT2D eigenvalue weighted by Crippen LogP contribution is 2.32. The Morgan fingerprint density at radius 2 is 2.00 bits per heavy atom. The van der Waals surface area contributed by atoms with Crippen LogP contribution in [0.1, 0.15) is 16.3 Å². The van der Waals surface area contributed by atoms with Crippen molar-refractivity contribution in [3.05, 3.63) is 76.4 Å². The Morgan fingerprint density at radius 1 is 1.14 bits per heavy atom. The van der Waals surface area contributed by atoms with E-state index in [-0.39, 0.29) is 0 Å². The molecule has 0 saturated heterocycles. The highest BCUT2D eigenvalue weighted by Gasteiger charge is 2.11. The molecule has 3 heterocycles. The minimum atomic E-state index is 0.602. The number of benzene rings is 2. The van der Waals surface area contributed by atoms with Crippen LogP contribution in [0.25, 0.3) is 16.6 Å². The van der Waals surface area contributed by atoms with Crippen molar-refractivity contribution in [1.82, 2.24) is 29.9 Å². The number of imidazole rings is 1.